The molecule has 2 heterocycles. The molecule has 2 aliphatic rings. The minimum Gasteiger partial charge on any atom is -0.343 e. The smallest absolute Gasteiger partial charge is 0.219 e. The minimum atomic E-state index is -3.19. The molecule has 0 spiro atoms. The van der Waals surface area contributed by atoms with Gasteiger partial charge in [0, 0.05) is 26.6 Å². The summed E-state index contributed by atoms with van der Waals surface area (Å²) in [4.78, 5) is 16.1. The van der Waals surface area contributed by atoms with Gasteiger partial charge in [-0.3, -0.25) is 4.79 Å². The predicted octanol–water partition coefficient (Wildman–Crippen LogP) is 2.43. The Morgan fingerprint density at radius 3 is 2.04 bits per heavy atom. The van der Waals surface area contributed by atoms with Crippen LogP contribution in [0.2, 0.25) is 0 Å². The monoisotopic (exact) mass is 378 g/mol. The second-order valence-electron chi connectivity index (χ2n) is 7.65. The fourth-order valence-electron chi connectivity index (χ4n) is 4.33. The Kier molecular flexibility index (Phi) is 6.35. The van der Waals surface area contributed by atoms with Gasteiger partial charge in [-0.05, 0) is 62.7 Å². The number of amides is 1. The zero-order valence-electron chi connectivity index (χ0n) is 15.6. The van der Waals surface area contributed by atoms with Gasteiger partial charge in [-0.15, -0.1) is 0 Å². The van der Waals surface area contributed by atoms with E-state index in [0.717, 1.165) is 63.7 Å². The number of rotatable bonds is 5. The van der Waals surface area contributed by atoms with E-state index in [4.69, 9.17) is 0 Å². The van der Waals surface area contributed by atoms with Crippen molar-refractivity contribution in [1.82, 2.24) is 9.80 Å². The summed E-state index contributed by atoms with van der Waals surface area (Å²) in [5.74, 6) is 1.84. The Labute approximate surface area is 157 Å². The molecule has 1 aromatic carbocycles. The number of hydrogen-bond donors (Lipinski definition) is 0. The molecule has 2 fully saturated rings. The normalized spacial score (nSPS) is 21.0. The number of benzene rings is 1. The van der Waals surface area contributed by atoms with Crippen molar-refractivity contribution in [2.45, 2.75) is 37.5 Å². The number of hydrogen-bond acceptors (Lipinski definition) is 4. The minimum absolute atomic E-state index is 0.192. The summed E-state index contributed by atoms with van der Waals surface area (Å²) in [6, 6.07) is 8.74. The summed E-state index contributed by atoms with van der Waals surface area (Å²) in [6.45, 7) is 6.05. The van der Waals surface area contributed by atoms with Crippen LogP contribution in [0.3, 0.4) is 0 Å². The fraction of sp³-hybridized carbons (Fsp3) is 0.650. The van der Waals surface area contributed by atoms with E-state index in [1.165, 1.54) is 0 Å². The molecule has 2 aliphatic heterocycles. The molecule has 0 aromatic heterocycles. The van der Waals surface area contributed by atoms with Crippen molar-refractivity contribution < 1.29 is 13.2 Å². The molecule has 144 valence electrons. The van der Waals surface area contributed by atoms with E-state index in [1.807, 2.05) is 11.0 Å². The highest BCUT2D eigenvalue weighted by Crippen LogP contribution is 2.32. The van der Waals surface area contributed by atoms with Crippen molar-refractivity contribution in [1.29, 1.82) is 0 Å². The van der Waals surface area contributed by atoms with Crippen LogP contribution in [0.25, 0.3) is 0 Å². The number of carbonyl (C=O) groups is 1. The summed E-state index contributed by atoms with van der Waals surface area (Å²) in [6.07, 6.45) is 4.53. The standard InChI is InChI=1S/C20H30N2O3S/c1-17(23)22-13-9-19(10-14-22)18-7-11-21(12-8-18)15-16-26(24,25)20-5-3-2-4-6-20/h2-6,18-19H,7-16H2,1H3. The molecule has 0 bridgehead atoms. The first-order chi connectivity index (χ1) is 12.5. The number of carbonyl (C=O) groups excluding carboxylic acids is 1. The van der Waals surface area contributed by atoms with Crippen LogP contribution in [0.1, 0.15) is 32.6 Å². The molecule has 6 heteroatoms. The van der Waals surface area contributed by atoms with Crippen LogP contribution < -0.4 is 0 Å². The van der Waals surface area contributed by atoms with Crippen molar-refractivity contribution in [2.75, 3.05) is 38.5 Å². The van der Waals surface area contributed by atoms with Crippen LogP contribution >= 0.6 is 0 Å². The van der Waals surface area contributed by atoms with Gasteiger partial charge in [0.25, 0.3) is 0 Å². The van der Waals surface area contributed by atoms with E-state index in [2.05, 4.69) is 4.90 Å². The van der Waals surface area contributed by atoms with Crippen molar-refractivity contribution in [2.24, 2.45) is 11.8 Å². The second kappa shape index (κ2) is 8.53. The van der Waals surface area contributed by atoms with Crippen LogP contribution in [0.5, 0.6) is 0 Å². The molecule has 0 radical (unpaired) electrons. The topological polar surface area (TPSA) is 57.7 Å². The van der Waals surface area contributed by atoms with Crippen molar-refractivity contribution in [3.63, 3.8) is 0 Å². The van der Waals surface area contributed by atoms with Gasteiger partial charge in [-0.2, -0.15) is 0 Å². The average molecular weight is 379 g/mol. The van der Waals surface area contributed by atoms with E-state index in [1.54, 1.807) is 31.2 Å². The Bertz CT molecular complexity index is 689. The number of piperidine rings is 2. The summed E-state index contributed by atoms with van der Waals surface area (Å²) in [5, 5.41) is 0. The molecular weight excluding hydrogens is 348 g/mol. The van der Waals surface area contributed by atoms with E-state index in [0.29, 0.717) is 11.4 Å². The molecule has 2 saturated heterocycles. The van der Waals surface area contributed by atoms with Crippen molar-refractivity contribution >= 4 is 15.7 Å². The maximum atomic E-state index is 12.4. The Morgan fingerprint density at radius 2 is 1.50 bits per heavy atom. The van der Waals surface area contributed by atoms with Crippen LogP contribution in [-0.4, -0.2) is 62.6 Å². The first-order valence-electron chi connectivity index (χ1n) is 9.71. The average Bonchev–Trinajstić information content (AvgIpc) is 2.68. The van der Waals surface area contributed by atoms with E-state index >= 15 is 0 Å². The lowest BCUT2D eigenvalue weighted by Gasteiger charge is -2.40. The highest BCUT2D eigenvalue weighted by atomic mass is 32.2. The molecule has 0 aliphatic carbocycles. The summed E-state index contributed by atoms with van der Waals surface area (Å²) >= 11 is 0. The van der Waals surface area contributed by atoms with Crippen LogP contribution in [-0.2, 0) is 14.6 Å². The number of sulfone groups is 1. The first kappa shape index (κ1) is 19.4. The fourth-order valence-corrected chi connectivity index (χ4v) is 5.63. The molecule has 0 unspecified atom stereocenters. The lowest BCUT2D eigenvalue weighted by atomic mass is 9.79. The zero-order chi connectivity index (χ0) is 18.6. The molecule has 1 amide bonds. The lowest BCUT2D eigenvalue weighted by Crippen LogP contribution is -2.42. The first-order valence-corrected chi connectivity index (χ1v) is 11.4. The van der Waals surface area contributed by atoms with Gasteiger partial charge in [-0.1, -0.05) is 18.2 Å². The largest absolute Gasteiger partial charge is 0.343 e. The Morgan fingerprint density at radius 1 is 0.962 bits per heavy atom. The highest BCUT2D eigenvalue weighted by molar-refractivity contribution is 7.91. The molecule has 0 N–H and O–H groups in total. The number of nitrogens with zero attached hydrogens (tertiary/aromatic N) is 2. The Hall–Kier alpha value is -1.40. The zero-order valence-corrected chi connectivity index (χ0v) is 16.5. The number of likely N-dealkylation sites (tertiary alicyclic amines) is 2. The van der Waals surface area contributed by atoms with Crippen LogP contribution in [0, 0.1) is 11.8 Å². The maximum absolute atomic E-state index is 12.4. The third-order valence-corrected chi connectivity index (χ3v) is 7.77. The predicted molar refractivity (Wildman–Crippen MR) is 103 cm³/mol. The quantitative estimate of drug-likeness (QED) is 0.790. The van der Waals surface area contributed by atoms with Gasteiger partial charge >= 0.3 is 0 Å². The van der Waals surface area contributed by atoms with Crippen LogP contribution in [0.4, 0.5) is 0 Å². The van der Waals surface area contributed by atoms with Crippen LogP contribution in [0.15, 0.2) is 35.2 Å². The van der Waals surface area contributed by atoms with Gasteiger partial charge in [0.15, 0.2) is 9.84 Å². The SMILES string of the molecule is CC(=O)N1CCC(C2CCN(CCS(=O)(=O)c3ccccc3)CC2)CC1. The molecule has 0 atom stereocenters. The third-order valence-electron chi connectivity index (χ3n) is 6.06. The lowest BCUT2D eigenvalue weighted by molar-refractivity contribution is -0.130. The maximum Gasteiger partial charge on any atom is 0.219 e. The van der Waals surface area contributed by atoms with E-state index in [9.17, 15) is 13.2 Å². The third kappa shape index (κ3) is 4.86. The molecule has 5 nitrogen and oxygen atoms in total. The molecule has 3 rings (SSSR count). The van der Waals surface area contributed by atoms with Gasteiger partial charge in [0.2, 0.25) is 5.91 Å². The Balaban J connectivity index is 1.42. The molecular formula is C20H30N2O3S. The van der Waals surface area contributed by atoms with Gasteiger partial charge < -0.3 is 9.80 Å². The second-order valence-corrected chi connectivity index (χ2v) is 9.76. The van der Waals surface area contributed by atoms with Gasteiger partial charge in [-0.25, -0.2) is 8.42 Å². The highest BCUT2D eigenvalue weighted by Gasteiger charge is 2.30. The van der Waals surface area contributed by atoms with Gasteiger partial charge in [0.1, 0.15) is 0 Å². The van der Waals surface area contributed by atoms with Crippen molar-refractivity contribution in [3.8, 4) is 0 Å². The molecule has 1 aromatic rings. The summed E-state index contributed by atoms with van der Waals surface area (Å²) < 4.78 is 24.8. The van der Waals surface area contributed by atoms with Gasteiger partial charge in [0.05, 0.1) is 10.6 Å². The van der Waals surface area contributed by atoms with E-state index in [-0.39, 0.29) is 11.7 Å². The summed E-state index contributed by atoms with van der Waals surface area (Å²) in [7, 11) is -3.19. The van der Waals surface area contributed by atoms with E-state index < -0.39 is 9.84 Å². The molecule has 26 heavy (non-hydrogen) atoms. The molecule has 0 saturated carbocycles. The summed E-state index contributed by atoms with van der Waals surface area (Å²) in [5.41, 5.74) is 0. The van der Waals surface area contributed by atoms with Crippen molar-refractivity contribution in [3.05, 3.63) is 30.3 Å².